The number of hydrogen-bond donors (Lipinski definition) is 1. The maximum Gasteiger partial charge on any atom is 0.265 e. The lowest BCUT2D eigenvalue weighted by Gasteiger charge is -2.25. The minimum atomic E-state index is -0.735. The van der Waals surface area contributed by atoms with E-state index in [1.807, 2.05) is 30.3 Å². The number of rotatable bonds is 5. The van der Waals surface area contributed by atoms with Crippen LogP contribution in [0.4, 0.5) is 0 Å². The number of fused-ring (bicyclic) bond motifs is 1. The van der Waals surface area contributed by atoms with Crippen molar-refractivity contribution in [2.24, 2.45) is 0 Å². The lowest BCUT2D eigenvalue weighted by Crippen LogP contribution is -2.43. The minimum Gasteiger partial charge on any atom is -0.497 e. The van der Waals surface area contributed by atoms with E-state index >= 15 is 0 Å². The van der Waals surface area contributed by atoms with Gasteiger partial charge in [0.15, 0.2) is 11.5 Å². The molecule has 0 fully saturated rings. The Bertz CT molecular complexity index is 956. The highest BCUT2D eigenvalue weighted by Gasteiger charge is 2.27. The average Bonchev–Trinajstić information content (AvgIpc) is 3.21. The molecule has 1 aliphatic heterocycles. The van der Waals surface area contributed by atoms with E-state index in [2.05, 4.69) is 15.5 Å². The summed E-state index contributed by atoms with van der Waals surface area (Å²) in [5.74, 6) is 2.26. The van der Waals surface area contributed by atoms with Crippen molar-refractivity contribution in [2.45, 2.75) is 12.6 Å². The highest BCUT2D eigenvalue weighted by atomic mass is 16.6. The molecule has 27 heavy (non-hydrogen) atoms. The third-order valence-corrected chi connectivity index (χ3v) is 4.01. The molecule has 8 heteroatoms. The van der Waals surface area contributed by atoms with Gasteiger partial charge in [-0.3, -0.25) is 4.79 Å². The van der Waals surface area contributed by atoms with Gasteiger partial charge in [-0.1, -0.05) is 29.4 Å². The van der Waals surface area contributed by atoms with Gasteiger partial charge in [-0.25, -0.2) is 0 Å². The Morgan fingerprint density at radius 2 is 2.07 bits per heavy atom. The van der Waals surface area contributed by atoms with E-state index in [9.17, 15) is 4.79 Å². The highest BCUT2D eigenvalue weighted by Crippen LogP contribution is 2.30. The predicted molar refractivity (Wildman–Crippen MR) is 94.5 cm³/mol. The molecule has 0 radical (unpaired) electrons. The van der Waals surface area contributed by atoms with Gasteiger partial charge in [0.1, 0.15) is 12.4 Å². The number of methoxy groups -OCH3 is 1. The molecule has 138 valence electrons. The second kappa shape index (κ2) is 7.36. The van der Waals surface area contributed by atoms with Crippen LogP contribution in [0.1, 0.15) is 5.89 Å². The summed E-state index contributed by atoms with van der Waals surface area (Å²) in [6, 6.07) is 14.5. The minimum absolute atomic E-state index is 0.0946. The molecule has 3 aromatic rings. The molecule has 0 saturated carbocycles. The third kappa shape index (κ3) is 3.69. The number of hydrogen-bond acceptors (Lipinski definition) is 7. The Morgan fingerprint density at radius 3 is 2.93 bits per heavy atom. The molecular formula is C19H17N3O5. The molecule has 1 unspecified atom stereocenters. The van der Waals surface area contributed by atoms with E-state index in [1.165, 1.54) is 0 Å². The van der Waals surface area contributed by atoms with Crippen LogP contribution >= 0.6 is 0 Å². The molecule has 4 rings (SSSR count). The molecule has 1 N–H and O–H groups in total. The number of carbonyl (C=O) groups is 1. The summed E-state index contributed by atoms with van der Waals surface area (Å²) in [6.45, 7) is 0.235. The number of amides is 1. The van der Waals surface area contributed by atoms with Crippen molar-refractivity contribution < 1.29 is 23.5 Å². The Morgan fingerprint density at radius 1 is 1.22 bits per heavy atom. The lowest BCUT2D eigenvalue weighted by molar-refractivity contribution is -0.130. The number of aromatic nitrogens is 2. The van der Waals surface area contributed by atoms with E-state index in [1.54, 1.807) is 25.3 Å². The molecule has 0 spiro atoms. The van der Waals surface area contributed by atoms with Crippen molar-refractivity contribution in [1.29, 1.82) is 0 Å². The Hall–Kier alpha value is -3.55. The van der Waals surface area contributed by atoms with E-state index in [0.29, 0.717) is 29.0 Å². The van der Waals surface area contributed by atoms with Gasteiger partial charge < -0.3 is 24.1 Å². The molecule has 0 bridgehead atoms. The summed E-state index contributed by atoms with van der Waals surface area (Å²) in [6.07, 6.45) is -0.735. The lowest BCUT2D eigenvalue weighted by atomic mass is 10.2. The molecule has 1 amide bonds. The first-order valence-electron chi connectivity index (χ1n) is 8.36. The van der Waals surface area contributed by atoms with Crippen molar-refractivity contribution in [3.05, 3.63) is 54.4 Å². The monoisotopic (exact) mass is 367 g/mol. The van der Waals surface area contributed by atoms with Gasteiger partial charge in [0.05, 0.1) is 13.7 Å². The van der Waals surface area contributed by atoms with Crippen LogP contribution in [0.15, 0.2) is 53.1 Å². The number of benzene rings is 2. The van der Waals surface area contributed by atoms with Crippen LogP contribution in [0.25, 0.3) is 11.4 Å². The molecule has 8 nitrogen and oxygen atoms in total. The van der Waals surface area contributed by atoms with Gasteiger partial charge in [0.2, 0.25) is 17.8 Å². The maximum atomic E-state index is 12.3. The van der Waals surface area contributed by atoms with Gasteiger partial charge in [-0.2, -0.15) is 4.98 Å². The summed E-state index contributed by atoms with van der Waals surface area (Å²) < 4.78 is 21.6. The summed E-state index contributed by atoms with van der Waals surface area (Å²) in [4.78, 5) is 16.6. The molecule has 0 aliphatic carbocycles. The summed E-state index contributed by atoms with van der Waals surface area (Å²) >= 11 is 0. The number of carbonyl (C=O) groups excluding carboxylic acids is 1. The standard InChI is InChI=1S/C19H17N3O5/c1-24-13-6-4-5-12(9-13)18-21-17(27-22-18)10-20-19(23)16-11-25-14-7-2-3-8-15(14)26-16/h2-9,16H,10-11H2,1H3,(H,20,23). The zero-order valence-electron chi connectivity index (χ0n) is 14.5. The Labute approximate surface area is 155 Å². The number of nitrogens with one attached hydrogen (secondary N) is 1. The van der Waals surface area contributed by atoms with E-state index in [-0.39, 0.29) is 19.1 Å². The van der Waals surface area contributed by atoms with E-state index in [4.69, 9.17) is 18.7 Å². The molecule has 1 atom stereocenters. The van der Waals surface area contributed by atoms with Crippen LogP contribution in [-0.4, -0.2) is 35.9 Å². The smallest absolute Gasteiger partial charge is 0.265 e. The first kappa shape index (κ1) is 16.9. The SMILES string of the molecule is COc1cccc(-c2noc(CNC(=O)C3COc4ccccc4O3)n2)c1. The van der Waals surface area contributed by atoms with E-state index < -0.39 is 6.10 Å². The van der Waals surface area contributed by atoms with Crippen LogP contribution in [0.5, 0.6) is 17.2 Å². The van der Waals surface area contributed by atoms with Crippen molar-refractivity contribution >= 4 is 5.91 Å². The third-order valence-electron chi connectivity index (χ3n) is 4.01. The van der Waals surface area contributed by atoms with Gasteiger partial charge in [-0.15, -0.1) is 0 Å². The molecule has 1 aromatic heterocycles. The molecule has 1 aliphatic rings. The van der Waals surface area contributed by atoms with Crippen LogP contribution in [0.2, 0.25) is 0 Å². The topological polar surface area (TPSA) is 95.7 Å². The second-order valence-corrected chi connectivity index (χ2v) is 5.83. The van der Waals surface area contributed by atoms with Crippen molar-refractivity contribution in [3.63, 3.8) is 0 Å². The first-order chi connectivity index (χ1) is 13.2. The number of nitrogens with zero attached hydrogens (tertiary/aromatic N) is 2. The van der Waals surface area contributed by atoms with Crippen LogP contribution in [-0.2, 0) is 11.3 Å². The van der Waals surface area contributed by atoms with Crippen molar-refractivity contribution in [1.82, 2.24) is 15.5 Å². The number of ether oxygens (including phenoxy) is 3. The molecular weight excluding hydrogens is 350 g/mol. The van der Waals surface area contributed by atoms with Crippen LogP contribution in [0, 0.1) is 0 Å². The Kier molecular flexibility index (Phi) is 4.61. The molecule has 2 heterocycles. The fourth-order valence-corrected chi connectivity index (χ4v) is 2.63. The fourth-order valence-electron chi connectivity index (χ4n) is 2.63. The zero-order valence-corrected chi connectivity index (χ0v) is 14.5. The Balaban J connectivity index is 1.37. The van der Waals surface area contributed by atoms with Gasteiger partial charge in [0, 0.05) is 5.56 Å². The van der Waals surface area contributed by atoms with Crippen molar-refractivity contribution in [3.8, 4) is 28.6 Å². The largest absolute Gasteiger partial charge is 0.497 e. The van der Waals surface area contributed by atoms with E-state index in [0.717, 1.165) is 5.56 Å². The second-order valence-electron chi connectivity index (χ2n) is 5.83. The van der Waals surface area contributed by atoms with Gasteiger partial charge in [0.25, 0.3) is 5.91 Å². The normalized spacial score (nSPS) is 15.2. The predicted octanol–water partition coefficient (Wildman–Crippen LogP) is 2.20. The molecule has 0 saturated heterocycles. The van der Waals surface area contributed by atoms with Crippen LogP contribution in [0.3, 0.4) is 0 Å². The quantitative estimate of drug-likeness (QED) is 0.738. The number of para-hydroxylation sites is 2. The average molecular weight is 367 g/mol. The summed E-state index contributed by atoms with van der Waals surface area (Å²) in [7, 11) is 1.59. The van der Waals surface area contributed by atoms with Crippen molar-refractivity contribution in [2.75, 3.05) is 13.7 Å². The van der Waals surface area contributed by atoms with Gasteiger partial charge >= 0.3 is 0 Å². The highest BCUT2D eigenvalue weighted by molar-refractivity contribution is 5.81. The van der Waals surface area contributed by atoms with Crippen LogP contribution < -0.4 is 19.5 Å². The summed E-state index contributed by atoms with van der Waals surface area (Å²) in [5.41, 5.74) is 0.760. The van der Waals surface area contributed by atoms with Gasteiger partial charge in [-0.05, 0) is 24.3 Å². The molecule has 2 aromatic carbocycles. The fraction of sp³-hybridized carbons (Fsp3) is 0.211. The zero-order chi connectivity index (χ0) is 18.6. The first-order valence-corrected chi connectivity index (χ1v) is 8.36. The summed E-state index contributed by atoms with van der Waals surface area (Å²) in [5, 5.41) is 6.66. The maximum absolute atomic E-state index is 12.3.